The summed E-state index contributed by atoms with van der Waals surface area (Å²) in [5, 5.41) is 9.65. The topological polar surface area (TPSA) is 79.8 Å². The standard InChI is InChI=1S/C8H8N4OS/c9-10-8(13)6-4-5(11-12-6)7-2-1-3-14-7/h1-4,6H,9H2,(H,10,13)/t6-/m1/s1. The van der Waals surface area contributed by atoms with E-state index in [1.165, 1.54) is 0 Å². The Kier molecular flexibility index (Phi) is 2.38. The Bertz CT molecular complexity index is 395. The first kappa shape index (κ1) is 9.04. The molecule has 1 aromatic heterocycles. The van der Waals surface area contributed by atoms with E-state index in [4.69, 9.17) is 5.84 Å². The highest BCUT2D eigenvalue weighted by Crippen LogP contribution is 2.26. The minimum absolute atomic E-state index is 0.347. The maximum atomic E-state index is 11.1. The summed E-state index contributed by atoms with van der Waals surface area (Å²) in [6, 6.07) is 3.27. The van der Waals surface area contributed by atoms with Crippen LogP contribution in [0.2, 0.25) is 0 Å². The van der Waals surface area contributed by atoms with Gasteiger partial charge in [-0.25, -0.2) is 5.84 Å². The number of hydrogen-bond donors (Lipinski definition) is 2. The molecular weight excluding hydrogens is 200 g/mol. The zero-order valence-electron chi connectivity index (χ0n) is 7.18. The van der Waals surface area contributed by atoms with Crippen LogP contribution < -0.4 is 11.3 Å². The Morgan fingerprint density at radius 3 is 3.14 bits per heavy atom. The zero-order valence-corrected chi connectivity index (χ0v) is 7.99. The van der Waals surface area contributed by atoms with Crippen LogP contribution in [0.1, 0.15) is 4.88 Å². The molecule has 1 atom stereocenters. The van der Waals surface area contributed by atoms with E-state index in [9.17, 15) is 4.79 Å². The van der Waals surface area contributed by atoms with Crippen molar-refractivity contribution in [2.45, 2.75) is 6.04 Å². The van der Waals surface area contributed by atoms with E-state index in [1.54, 1.807) is 17.4 Å². The van der Waals surface area contributed by atoms with Crippen LogP contribution in [0, 0.1) is 0 Å². The lowest BCUT2D eigenvalue weighted by Gasteiger charge is -1.98. The van der Waals surface area contributed by atoms with Crippen LogP contribution in [0.5, 0.6) is 0 Å². The number of carbonyl (C=O) groups is 1. The third kappa shape index (κ3) is 1.57. The minimum atomic E-state index is -0.586. The van der Waals surface area contributed by atoms with Gasteiger partial charge in [-0.1, -0.05) is 6.07 Å². The second kappa shape index (κ2) is 3.69. The van der Waals surface area contributed by atoms with Gasteiger partial charge in [0.25, 0.3) is 5.91 Å². The number of hydrogen-bond acceptors (Lipinski definition) is 5. The van der Waals surface area contributed by atoms with Crippen molar-refractivity contribution in [3.8, 4) is 0 Å². The van der Waals surface area contributed by atoms with Gasteiger partial charge in [-0.15, -0.1) is 11.3 Å². The summed E-state index contributed by atoms with van der Waals surface area (Å²) in [7, 11) is 0. The summed E-state index contributed by atoms with van der Waals surface area (Å²) in [6.07, 6.45) is 1.69. The molecule has 0 radical (unpaired) electrons. The quantitative estimate of drug-likeness (QED) is 0.430. The molecule has 0 fully saturated rings. The molecule has 2 rings (SSSR count). The van der Waals surface area contributed by atoms with Gasteiger partial charge in [0.1, 0.15) is 5.70 Å². The molecule has 0 aliphatic carbocycles. The molecule has 0 bridgehead atoms. The van der Waals surface area contributed by atoms with E-state index in [-0.39, 0.29) is 5.91 Å². The third-order valence-electron chi connectivity index (χ3n) is 1.79. The normalized spacial score (nSPS) is 19.5. The van der Waals surface area contributed by atoms with Gasteiger partial charge in [0.05, 0.1) is 4.88 Å². The van der Waals surface area contributed by atoms with E-state index >= 15 is 0 Å². The van der Waals surface area contributed by atoms with Crippen LogP contribution >= 0.6 is 11.3 Å². The number of nitrogens with one attached hydrogen (secondary N) is 1. The number of nitrogens with zero attached hydrogens (tertiary/aromatic N) is 2. The Labute approximate surface area is 84.3 Å². The fourth-order valence-corrected chi connectivity index (χ4v) is 1.80. The molecule has 0 saturated heterocycles. The smallest absolute Gasteiger partial charge is 0.264 e. The van der Waals surface area contributed by atoms with Crippen molar-refractivity contribution in [2.75, 3.05) is 0 Å². The van der Waals surface area contributed by atoms with Crippen LogP contribution in [0.25, 0.3) is 5.70 Å². The van der Waals surface area contributed by atoms with Crippen LogP contribution in [0.3, 0.4) is 0 Å². The summed E-state index contributed by atoms with van der Waals surface area (Å²) in [5.74, 6) is 4.64. The third-order valence-corrected chi connectivity index (χ3v) is 2.68. The second-order valence-corrected chi connectivity index (χ2v) is 3.65. The van der Waals surface area contributed by atoms with Gasteiger partial charge in [-0.05, 0) is 17.5 Å². The highest BCUT2D eigenvalue weighted by atomic mass is 32.1. The van der Waals surface area contributed by atoms with Crippen LogP contribution in [-0.4, -0.2) is 11.9 Å². The Morgan fingerprint density at radius 2 is 2.50 bits per heavy atom. The maximum absolute atomic E-state index is 11.1. The molecule has 0 aromatic carbocycles. The van der Waals surface area contributed by atoms with Gasteiger partial charge in [0.2, 0.25) is 0 Å². The first-order valence-electron chi connectivity index (χ1n) is 3.98. The monoisotopic (exact) mass is 208 g/mol. The highest BCUT2D eigenvalue weighted by Gasteiger charge is 2.20. The van der Waals surface area contributed by atoms with Crippen molar-refractivity contribution in [1.29, 1.82) is 0 Å². The average molecular weight is 208 g/mol. The number of azo groups is 1. The van der Waals surface area contributed by atoms with Crippen molar-refractivity contribution in [1.82, 2.24) is 5.43 Å². The van der Waals surface area contributed by atoms with Crippen LogP contribution in [0.4, 0.5) is 0 Å². The van der Waals surface area contributed by atoms with Gasteiger partial charge in [0.15, 0.2) is 6.04 Å². The lowest BCUT2D eigenvalue weighted by molar-refractivity contribution is -0.121. The molecule has 0 saturated carbocycles. The van der Waals surface area contributed by atoms with E-state index in [0.29, 0.717) is 0 Å². The number of rotatable bonds is 2. The van der Waals surface area contributed by atoms with E-state index in [0.717, 1.165) is 10.6 Å². The van der Waals surface area contributed by atoms with Gasteiger partial charge < -0.3 is 0 Å². The molecular formula is C8H8N4OS. The van der Waals surface area contributed by atoms with Crippen molar-refractivity contribution in [3.63, 3.8) is 0 Å². The molecule has 1 amide bonds. The molecule has 2 heterocycles. The number of nitrogens with two attached hydrogens (primary N) is 1. The molecule has 3 N–H and O–H groups in total. The van der Waals surface area contributed by atoms with Gasteiger partial charge in [-0.3, -0.25) is 10.2 Å². The maximum Gasteiger partial charge on any atom is 0.264 e. The Hall–Kier alpha value is -1.53. The van der Waals surface area contributed by atoms with Crippen molar-refractivity contribution in [3.05, 3.63) is 28.5 Å². The van der Waals surface area contributed by atoms with E-state index < -0.39 is 6.04 Å². The summed E-state index contributed by atoms with van der Waals surface area (Å²) < 4.78 is 0. The molecule has 14 heavy (non-hydrogen) atoms. The number of hydrazine groups is 1. The highest BCUT2D eigenvalue weighted by molar-refractivity contribution is 7.11. The molecule has 5 nitrogen and oxygen atoms in total. The molecule has 1 aliphatic heterocycles. The number of thiophene rings is 1. The van der Waals surface area contributed by atoms with Crippen LogP contribution in [0.15, 0.2) is 33.8 Å². The van der Waals surface area contributed by atoms with Crippen LogP contribution in [-0.2, 0) is 4.79 Å². The SMILES string of the molecule is NNC(=O)[C@H]1C=C(c2cccs2)N=N1. The molecule has 6 heteroatoms. The predicted molar refractivity (Wildman–Crippen MR) is 53.3 cm³/mol. The predicted octanol–water partition coefficient (Wildman–Crippen LogP) is 0.913. The molecule has 0 spiro atoms. The van der Waals surface area contributed by atoms with Crippen molar-refractivity contribution < 1.29 is 4.79 Å². The fraction of sp³-hybridized carbons (Fsp3) is 0.125. The van der Waals surface area contributed by atoms with E-state index in [2.05, 4.69) is 10.2 Å². The summed E-state index contributed by atoms with van der Waals surface area (Å²) in [4.78, 5) is 12.1. The van der Waals surface area contributed by atoms with Gasteiger partial charge in [-0.2, -0.15) is 10.2 Å². The van der Waals surface area contributed by atoms with E-state index in [1.807, 2.05) is 22.9 Å². The van der Waals surface area contributed by atoms with Gasteiger partial charge >= 0.3 is 0 Å². The number of amides is 1. The first-order valence-corrected chi connectivity index (χ1v) is 4.86. The Balaban J connectivity index is 2.19. The second-order valence-electron chi connectivity index (χ2n) is 2.70. The first-order chi connectivity index (χ1) is 6.81. The summed E-state index contributed by atoms with van der Waals surface area (Å²) in [6.45, 7) is 0. The van der Waals surface area contributed by atoms with Crippen molar-refractivity contribution in [2.24, 2.45) is 16.1 Å². The fourth-order valence-electron chi connectivity index (χ4n) is 1.11. The summed E-state index contributed by atoms with van der Waals surface area (Å²) in [5.41, 5.74) is 2.77. The number of carbonyl (C=O) groups excluding carboxylic acids is 1. The lowest BCUT2D eigenvalue weighted by atomic mass is 10.2. The lowest BCUT2D eigenvalue weighted by Crippen LogP contribution is -2.36. The largest absolute Gasteiger partial charge is 0.292 e. The summed E-state index contributed by atoms with van der Waals surface area (Å²) >= 11 is 1.56. The molecule has 1 aromatic rings. The zero-order chi connectivity index (χ0) is 9.97. The molecule has 0 unspecified atom stereocenters. The minimum Gasteiger partial charge on any atom is -0.292 e. The molecule has 72 valence electrons. The van der Waals surface area contributed by atoms with Crippen molar-refractivity contribution >= 4 is 22.9 Å². The Morgan fingerprint density at radius 1 is 1.64 bits per heavy atom. The molecule has 1 aliphatic rings. The average Bonchev–Trinajstić information content (AvgIpc) is 2.86. The van der Waals surface area contributed by atoms with Gasteiger partial charge in [0, 0.05) is 0 Å².